The van der Waals surface area contributed by atoms with E-state index in [1.165, 1.54) is 25.3 Å². The molecule has 1 aromatic carbocycles. The molecule has 0 heterocycles. The maximum atomic E-state index is 12.8. The number of ether oxygens (including phenoxy) is 1. The quantitative estimate of drug-likeness (QED) is 0.867. The Kier molecular flexibility index (Phi) is 4.89. The largest absolute Gasteiger partial charge is 0.469 e. The van der Waals surface area contributed by atoms with Crippen LogP contribution in [0.4, 0.5) is 4.39 Å². The van der Waals surface area contributed by atoms with E-state index in [4.69, 9.17) is 0 Å². The summed E-state index contributed by atoms with van der Waals surface area (Å²) < 4.78 is 17.7. The first-order valence-corrected chi connectivity index (χ1v) is 5.53. The lowest BCUT2D eigenvalue weighted by Crippen LogP contribution is -2.05. The maximum absolute atomic E-state index is 12.8. The molecule has 16 heavy (non-hydrogen) atoms. The van der Waals surface area contributed by atoms with Gasteiger partial charge in [-0.05, 0) is 24.1 Å². The highest BCUT2D eigenvalue weighted by molar-refractivity contribution is 9.10. The lowest BCUT2D eigenvalue weighted by atomic mass is 10.1. The Morgan fingerprint density at radius 2 is 2.31 bits per heavy atom. The van der Waals surface area contributed by atoms with Gasteiger partial charge in [0.05, 0.1) is 13.2 Å². The van der Waals surface area contributed by atoms with Gasteiger partial charge in [0.1, 0.15) is 5.82 Å². The first-order valence-electron chi connectivity index (χ1n) is 4.74. The summed E-state index contributed by atoms with van der Waals surface area (Å²) in [6, 6.07) is 4.03. The molecule has 0 saturated carbocycles. The predicted octanol–water partition coefficient (Wildman–Crippen LogP) is 2.57. The van der Waals surface area contributed by atoms with Crippen LogP contribution in [0.1, 0.15) is 24.5 Å². The lowest BCUT2D eigenvalue weighted by Gasteiger charge is -2.12. The number of rotatable bonds is 4. The summed E-state index contributed by atoms with van der Waals surface area (Å²) in [5.41, 5.74) is 0.560. The molecule has 5 heteroatoms. The first-order chi connectivity index (χ1) is 7.54. The van der Waals surface area contributed by atoms with Crippen LogP contribution in [0, 0.1) is 5.82 Å². The molecule has 1 N–H and O–H groups in total. The zero-order chi connectivity index (χ0) is 12.1. The van der Waals surface area contributed by atoms with Crippen molar-refractivity contribution < 1.29 is 19.0 Å². The fraction of sp³-hybridized carbons (Fsp3) is 0.364. The average molecular weight is 291 g/mol. The average Bonchev–Trinajstić information content (AvgIpc) is 2.25. The molecule has 3 nitrogen and oxygen atoms in total. The fourth-order valence-electron chi connectivity index (χ4n) is 1.28. The molecule has 1 aromatic rings. The SMILES string of the molecule is COC(=O)CCC(O)c1ccc(F)cc1Br. The van der Waals surface area contributed by atoms with Crippen molar-refractivity contribution in [2.45, 2.75) is 18.9 Å². The number of benzene rings is 1. The van der Waals surface area contributed by atoms with Crippen molar-refractivity contribution in [1.29, 1.82) is 0 Å². The van der Waals surface area contributed by atoms with Crippen molar-refractivity contribution in [2.24, 2.45) is 0 Å². The minimum atomic E-state index is -0.811. The minimum Gasteiger partial charge on any atom is -0.469 e. The smallest absolute Gasteiger partial charge is 0.305 e. The molecular weight excluding hydrogens is 279 g/mol. The molecule has 0 bridgehead atoms. The minimum absolute atomic E-state index is 0.126. The van der Waals surface area contributed by atoms with Gasteiger partial charge in [-0.2, -0.15) is 0 Å². The van der Waals surface area contributed by atoms with Crippen LogP contribution in [0.5, 0.6) is 0 Å². The monoisotopic (exact) mass is 290 g/mol. The molecule has 0 aromatic heterocycles. The molecule has 1 atom stereocenters. The summed E-state index contributed by atoms with van der Waals surface area (Å²) in [6.45, 7) is 0. The number of halogens is 2. The number of esters is 1. The van der Waals surface area contributed by atoms with Gasteiger partial charge < -0.3 is 9.84 Å². The zero-order valence-electron chi connectivity index (χ0n) is 8.74. The van der Waals surface area contributed by atoms with E-state index in [1.54, 1.807) is 0 Å². The fourth-order valence-corrected chi connectivity index (χ4v) is 1.90. The summed E-state index contributed by atoms with van der Waals surface area (Å²) >= 11 is 3.16. The highest BCUT2D eigenvalue weighted by Crippen LogP contribution is 2.27. The normalized spacial score (nSPS) is 12.2. The Morgan fingerprint density at radius 3 is 2.88 bits per heavy atom. The second kappa shape index (κ2) is 5.96. The molecule has 0 fully saturated rings. The van der Waals surface area contributed by atoms with E-state index in [2.05, 4.69) is 20.7 Å². The molecule has 0 aliphatic rings. The van der Waals surface area contributed by atoms with Gasteiger partial charge in [0.2, 0.25) is 0 Å². The van der Waals surface area contributed by atoms with Crippen LogP contribution < -0.4 is 0 Å². The van der Waals surface area contributed by atoms with Crippen molar-refractivity contribution in [2.75, 3.05) is 7.11 Å². The van der Waals surface area contributed by atoms with E-state index in [0.717, 1.165) is 0 Å². The number of hydrogen-bond acceptors (Lipinski definition) is 3. The molecule has 0 amide bonds. The number of aliphatic hydroxyl groups excluding tert-OH is 1. The van der Waals surface area contributed by atoms with Crippen molar-refractivity contribution in [1.82, 2.24) is 0 Å². The summed E-state index contributed by atoms with van der Waals surface area (Å²) in [4.78, 5) is 10.9. The second-order valence-electron chi connectivity index (χ2n) is 3.30. The van der Waals surface area contributed by atoms with E-state index in [0.29, 0.717) is 10.0 Å². The summed E-state index contributed by atoms with van der Waals surface area (Å²) in [5.74, 6) is -0.756. The number of carbonyl (C=O) groups excluding carboxylic acids is 1. The first kappa shape index (κ1) is 13.1. The van der Waals surface area contributed by atoms with Gasteiger partial charge in [-0.15, -0.1) is 0 Å². The van der Waals surface area contributed by atoms with E-state index in [9.17, 15) is 14.3 Å². The van der Waals surface area contributed by atoms with Crippen molar-refractivity contribution in [3.63, 3.8) is 0 Å². The summed E-state index contributed by atoms with van der Waals surface area (Å²) in [7, 11) is 1.29. The third-order valence-electron chi connectivity index (χ3n) is 2.17. The molecule has 0 spiro atoms. The molecule has 1 rings (SSSR count). The Labute approximate surface area is 101 Å². The van der Waals surface area contributed by atoms with Gasteiger partial charge in [0.25, 0.3) is 0 Å². The molecular formula is C11H12BrFO3. The van der Waals surface area contributed by atoms with Gasteiger partial charge in [-0.3, -0.25) is 4.79 Å². The lowest BCUT2D eigenvalue weighted by molar-refractivity contribution is -0.141. The van der Waals surface area contributed by atoms with Crippen LogP contribution in [-0.4, -0.2) is 18.2 Å². The summed E-state index contributed by atoms with van der Waals surface area (Å²) in [6.07, 6.45) is -0.438. The highest BCUT2D eigenvalue weighted by atomic mass is 79.9. The van der Waals surface area contributed by atoms with Crippen LogP contribution in [0.25, 0.3) is 0 Å². The third-order valence-corrected chi connectivity index (χ3v) is 2.86. The van der Waals surface area contributed by atoms with Crippen molar-refractivity contribution in [3.05, 3.63) is 34.1 Å². The Balaban J connectivity index is 2.65. The molecule has 0 aliphatic heterocycles. The van der Waals surface area contributed by atoms with Gasteiger partial charge >= 0.3 is 5.97 Å². The summed E-state index contributed by atoms with van der Waals surface area (Å²) in [5, 5.41) is 9.78. The number of carbonyl (C=O) groups is 1. The van der Waals surface area contributed by atoms with Crippen LogP contribution in [-0.2, 0) is 9.53 Å². The Morgan fingerprint density at radius 1 is 1.62 bits per heavy atom. The van der Waals surface area contributed by atoms with E-state index < -0.39 is 6.10 Å². The van der Waals surface area contributed by atoms with Crippen molar-refractivity contribution >= 4 is 21.9 Å². The van der Waals surface area contributed by atoms with E-state index in [1.807, 2.05) is 0 Å². The van der Waals surface area contributed by atoms with Crippen molar-refractivity contribution in [3.8, 4) is 0 Å². The number of hydrogen-bond donors (Lipinski definition) is 1. The van der Waals surface area contributed by atoms with Crippen LogP contribution >= 0.6 is 15.9 Å². The molecule has 0 radical (unpaired) electrons. The zero-order valence-corrected chi connectivity index (χ0v) is 10.3. The topological polar surface area (TPSA) is 46.5 Å². The molecule has 0 aliphatic carbocycles. The number of aliphatic hydroxyl groups is 1. The van der Waals surface area contributed by atoms with Gasteiger partial charge in [-0.25, -0.2) is 4.39 Å². The van der Waals surface area contributed by atoms with Crippen LogP contribution in [0.3, 0.4) is 0 Å². The second-order valence-corrected chi connectivity index (χ2v) is 4.15. The maximum Gasteiger partial charge on any atom is 0.305 e. The molecule has 0 saturated heterocycles. The van der Waals surface area contributed by atoms with Gasteiger partial charge in [-0.1, -0.05) is 22.0 Å². The third kappa shape index (κ3) is 3.57. The van der Waals surface area contributed by atoms with Crippen LogP contribution in [0.15, 0.2) is 22.7 Å². The van der Waals surface area contributed by atoms with Gasteiger partial charge in [0, 0.05) is 10.9 Å². The number of methoxy groups -OCH3 is 1. The predicted molar refractivity (Wildman–Crippen MR) is 60.3 cm³/mol. The standard InChI is InChI=1S/C11H12BrFO3/c1-16-11(15)5-4-10(14)8-3-2-7(13)6-9(8)12/h2-3,6,10,14H,4-5H2,1H3. The Bertz CT molecular complexity index is 381. The van der Waals surface area contributed by atoms with Crippen LogP contribution in [0.2, 0.25) is 0 Å². The van der Waals surface area contributed by atoms with E-state index >= 15 is 0 Å². The van der Waals surface area contributed by atoms with E-state index in [-0.39, 0.29) is 24.6 Å². The Hall–Kier alpha value is -0.940. The highest BCUT2D eigenvalue weighted by Gasteiger charge is 2.13. The molecule has 1 unspecified atom stereocenters. The van der Waals surface area contributed by atoms with Gasteiger partial charge in [0.15, 0.2) is 0 Å². The molecule has 88 valence electrons.